The molecule has 2 rings (SSSR count). The Morgan fingerprint density at radius 1 is 1.55 bits per heavy atom. The summed E-state index contributed by atoms with van der Waals surface area (Å²) in [6.45, 7) is 1.95. The van der Waals surface area contributed by atoms with Crippen molar-refractivity contribution in [3.8, 4) is 0 Å². The zero-order chi connectivity index (χ0) is 7.84. The molecule has 1 N–H and O–H groups in total. The molecule has 0 saturated heterocycles. The minimum Gasteiger partial charge on any atom is -0.282 e. The Balaban J connectivity index is 2.94. The molecule has 4 heteroatoms. The predicted octanol–water partition coefficient (Wildman–Crippen LogP) is 1.92. The van der Waals surface area contributed by atoms with Crippen molar-refractivity contribution >= 4 is 22.5 Å². The van der Waals surface area contributed by atoms with E-state index in [-0.39, 0.29) is 0 Å². The number of halogens is 1. The van der Waals surface area contributed by atoms with E-state index in [1.54, 1.807) is 6.20 Å². The van der Waals surface area contributed by atoms with Gasteiger partial charge >= 0.3 is 0 Å². The molecule has 2 aromatic heterocycles. The van der Waals surface area contributed by atoms with Crippen molar-refractivity contribution in [3.05, 3.63) is 23.1 Å². The summed E-state index contributed by atoms with van der Waals surface area (Å²) in [4.78, 5) is 3.90. The molecule has 0 radical (unpaired) electrons. The van der Waals surface area contributed by atoms with E-state index < -0.39 is 0 Å². The lowest BCUT2D eigenvalue weighted by atomic mass is 10.3. The van der Waals surface area contributed by atoms with Crippen molar-refractivity contribution in [1.29, 1.82) is 0 Å². The summed E-state index contributed by atoms with van der Waals surface area (Å²) < 4.78 is 0. The first-order valence-electron chi connectivity index (χ1n) is 3.24. The molecule has 0 spiro atoms. The Morgan fingerprint density at radius 3 is 3.09 bits per heavy atom. The van der Waals surface area contributed by atoms with E-state index >= 15 is 0 Å². The lowest BCUT2D eigenvalue weighted by molar-refractivity contribution is 1.07. The van der Waals surface area contributed by atoms with Crippen LogP contribution >= 0.6 is 11.6 Å². The van der Waals surface area contributed by atoms with E-state index in [1.165, 1.54) is 0 Å². The van der Waals surface area contributed by atoms with Crippen LogP contribution in [0, 0.1) is 6.92 Å². The monoisotopic (exact) mass is 167 g/mol. The molecule has 2 aromatic rings. The number of nitrogens with zero attached hydrogens (tertiary/aromatic N) is 2. The van der Waals surface area contributed by atoms with Gasteiger partial charge in [-0.05, 0) is 13.0 Å². The van der Waals surface area contributed by atoms with E-state index in [1.807, 2.05) is 13.0 Å². The van der Waals surface area contributed by atoms with Gasteiger partial charge in [0.25, 0.3) is 0 Å². The summed E-state index contributed by atoms with van der Waals surface area (Å²) in [5, 5.41) is 8.32. The molecule has 0 atom stereocenters. The lowest BCUT2D eigenvalue weighted by Gasteiger charge is -1.88. The van der Waals surface area contributed by atoms with Crippen molar-refractivity contribution in [3.63, 3.8) is 0 Å². The number of aryl methyl sites for hydroxylation is 1. The van der Waals surface area contributed by atoms with Gasteiger partial charge in [0.2, 0.25) is 0 Å². The van der Waals surface area contributed by atoms with Crippen LogP contribution in [0.5, 0.6) is 0 Å². The molecule has 0 amide bonds. The van der Waals surface area contributed by atoms with Gasteiger partial charge < -0.3 is 0 Å². The third kappa shape index (κ3) is 0.886. The number of hydrogen-bond donors (Lipinski definition) is 1. The third-order valence-electron chi connectivity index (χ3n) is 1.62. The molecular weight excluding hydrogens is 162 g/mol. The molecule has 0 aliphatic rings. The number of aromatic nitrogens is 3. The van der Waals surface area contributed by atoms with Crippen LogP contribution in [0.3, 0.4) is 0 Å². The average molecular weight is 168 g/mol. The molecule has 0 unspecified atom stereocenters. The molecule has 0 fully saturated rings. The summed E-state index contributed by atoms with van der Waals surface area (Å²) in [6, 6.07) is 1.89. The number of aromatic amines is 1. The second kappa shape index (κ2) is 2.20. The maximum Gasteiger partial charge on any atom is 0.157 e. The van der Waals surface area contributed by atoms with E-state index in [4.69, 9.17) is 11.6 Å². The zero-order valence-electron chi connectivity index (χ0n) is 5.93. The quantitative estimate of drug-likeness (QED) is 0.609. The highest BCUT2D eigenvalue weighted by molar-refractivity contribution is 6.33. The van der Waals surface area contributed by atoms with E-state index in [9.17, 15) is 0 Å². The average Bonchev–Trinajstić information content (AvgIpc) is 2.35. The fraction of sp³-hybridized carbons (Fsp3) is 0.143. The second-order valence-electron chi connectivity index (χ2n) is 2.35. The maximum atomic E-state index is 5.78. The van der Waals surface area contributed by atoms with Gasteiger partial charge in [-0.1, -0.05) is 11.6 Å². The van der Waals surface area contributed by atoms with Gasteiger partial charge in [0, 0.05) is 17.3 Å². The Morgan fingerprint density at radius 2 is 2.36 bits per heavy atom. The Hall–Kier alpha value is -1.09. The zero-order valence-corrected chi connectivity index (χ0v) is 6.68. The first-order valence-corrected chi connectivity index (χ1v) is 3.62. The number of nitrogens with one attached hydrogen (secondary N) is 1. The van der Waals surface area contributed by atoms with Gasteiger partial charge in [0.15, 0.2) is 5.15 Å². The standard InChI is InChI=1S/C7H6ClN3/c1-4-5-2-3-9-7(8)6(5)11-10-4/h2-3H,1H3,(H,10,11). The van der Waals surface area contributed by atoms with E-state index in [2.05, 4.69) is 15.2 Å². The normalized spacial score (nSPS) is 10.7. The van der Waals surface area contributed by atoms with Gasteiger partial charge in [-0.25, -0.2) is 4.98 Å². The maximum absolute atomic E-state index is 5.78. The highest BCUT2D eigenvalue weighted by atomic mass is 35.5. The highest BCUT2D eigenvalue weighted by Crippen LogP contribution is 2.19. The van der Waals surface area contributed by atoms with Crippen molar-refractivity contribution in [2.75, 3.05) is 0 Å². The van der Waals surface area contributed by atoms with Gasteiger partial charge in [0.05, 0.1) is 0 Å². The first kappa shape index (κ1) is 6.61. The Bertz CT molecular complexity index is 393. The van der Waals surface area contributed by atoms with Crippen molar-refractivity contribution in [1.82, 2.24) is 15.2 Å². The predicted molar refractivity (Wildman–Crippen MR) is 43.6 cm³/mol. The molecule has 0 aliphatic heterocycles. The summed E-state index contributed by atoms with van der Waals surface area (Å²) in [5.41, 5.74) is 1.76. The molecule has 11 heavy (non-hydrogen) atoms. The minimum absolute atomic E-state index is 0.451. The van der Waals surface area contributed by atoms with Crippen LogP contribution in [-0.4, -0.2) is 15.2 Å². The lowest BCUT2D eigenvalue weighted by Crippen LogP contribution is -1.75. The molecule has 2 heterocycles. The van der Waals surface area contributed by atoms with Gasteiger partial charge in [-0.15, -0.1) is 0 Å². The van der Waals surface area contributed by atoms with Crippen LogP contribution < -0.4 is 0 Å². The molecule has 0 bridgehead atoms. The Kier molecular flexibility index (Phi) is 1.32. The van der Waals surface area contributed by atoms with E-state index in [0.29, 0.717) is 5.15 Å². The fourth-order valence-corrected chi connectivity index (χ4v) is 1.24. The van der Waals surface area contributed by atoms with Gasteiger partial charge in [0.1, 0.15) is 5.52 Å². The molecule has 0 saturated carbocycles. The topological polar surface area (TPSA) is 41.6 Å². The number of fused-ring (bicyclic) bond motifs is 1. The van der Waals surface area contributed by atoms with Crippen molar-refractivity contribution < 1.29 is 0 Å². The largest absolute Gasteiger partial charge is 0.282 e. The molecule has 0 aliphatic carbocycles. The number of H-pyrrole nitrogens is 1. The number of hydrogen-bond acceptors (Lipinski definition) is 2. The van der Waals surface area contributed by atoms with Crippen LogP contribution in [0.15, 0.2) is 12.3 Å². The van der Waals surface area contributed by atoms with E-state index in [0.717, 1.165) is 16.6 Å². The summed E-state index contributed by atoms with van der Waals surface area (Å²) in [5.74, 6) is 0. The first-order chi connectivity index (χ1) is 5.29. The van der Waals surface area contributed by atoms with Crippen LogP contribution in [0.2, 0.25) is 5.15 Å². The molecular formula is C7H6ClN3. The van der Waals surface area contributed by atoms with Crippen LogP contribution in [0.1, 0.15) is 5.69 Å². The smallest absolute Gasteiger partial charge is 0.157 e. The SMILES string of the molecule is Cc1[nH]nc2c(Cl)nccc12. The summed E-state index contributed by atoms with van der Waals surface area (Å²) >= 11 is 5.78. The van der Waals surface area contributed by atoms with Crippen LogP contribution in [-0.2, 0) is 0 Å². The Labute approximate surface area is 68.4 Å². The van der Waals surface area contributed by atoms with Gasteiger partial charge in [-0.2, -0.15) is 5.10 Å². The number of rotatable bonds is 0. The van der Waals surface area contributed by atoms with Crippen molar-refractivity contribution in [2.24, 2.45) is 0 Å². The van der Waals surface area contributed by atoms with Crippen LogP contribution in [0.25, 0.3) is 10.9 Å². The molecule has 0 aromatic carbocycles. The molecule has 3 nitrogen and oxygen atoms in total. The third-order valence-corrected chi connectivity index (χ3v) is 1.90. The van der Waals surface area contributed by atoms with Gasteiger partial charge in [-0.3, -0.25) is 5.10 Å². The minimum atomic E-state index is 0.451. The molecule has 56 valence electrons. The van der Waals surface area contributed by atoms with Crippen LogP contribution in [0.4, 0.5) is 0 Å². The fourth-order valence-electron chi connectivity index (χ4n) is 1.04. The second-order valence-corrected chi connectivity index (χ2v) is 2.70. The summed E-state index contributed by atoms with van der Waals surface area (Å²) in [7, 11) is 0. The summed E-state index contributed by atoms with van der Waals surface area (Å²) in [6.07, 6.45) is 1.67. The van der Waals surface area contributed by atoms with Crippen molar-refractivity contribution in [2.45, 2.75) is 6.92 Å². The highest BCUT2D eigenvalue weighted by Gasteiger charge is 2.03. The number of pyridine rings is 1.